The fourth-order valence-corrected chi connectivity index (χ4v) is 3.96. The molecule has 28 heavy (non-hydrogen) atoms. The van der Waals surface area contributed by atoms with Gasteiger partial charge in [0.2, 0.25) is 0 Å². The van der Waals surface area contributed by atoms with E-state index in [0.717, 1.165) is 24.8 Å². The maximum atomic E-state index is 11.8. The van der Waals surface area contributed by atoms with Gasteiger partial charge in [-0.3, -0.25) is 14.6 Å². The average molecular weight is 387 g/mol. The van der Waals surface area contributed by atoms with Crippen LogP contribution in [0.1, 0.15) is 44.6 Å². The summed E-state index contributed by atoms with van der Waals surface area (Å²) in [5.41, 5.74) is 3.16. The number of nitrogens with one attached hydrogen (secondary N) is 3. The Morgan fingerprint density at radius 2 is 2.11 bits per heavy atom. The highest BCUT2D eigenvalue weighted by molar-refractivity contribution is 6.35. The lowest BCUT2D eigenvalue weighted by Gasteiger charge is -2.42. The number of hydrogen-bond acceptors (Lipinski definition) is 6. The first kappa shape index (κ1) is 19.8. The van der Waals surface area contributed by atoms with E-state index in [9.17, 15) is 14.4 Å². The van der Waals surface area contributed by atoms with Crippen molar-refractivity contribution in [1.82, 2.24) is 21.0 Å². The Morgan fingerprint density at radius 1 is 1.36 bits per heavy atom. The minimum atomic E-state index is -0.754. The average Bonchev–Trinajstić information content (AvgIpc) is 2.70. The molecular formula is C19H25N5O4. The quantitative estimate of drug-likeness (QED) is 0.668. The number of rotatable bonds is 4. The summed E-state index contributed by atoms with van der Waals surface area (Å²) in [6.45, 7) is 1.89. The number of pyridine rings is 1. The molecule has 3 rings (SSSR count). The predicted octanol–water partition coefficient (Wildman–Crippen LogP) is 1.10. The molecule has 3 amide bonds. The van der Waals surface area contributed by atoms with Crippen LogP contribution < -0.4 is 16.1 Å². The van der Waals surface area contributed by atoms with Gasteiger partial charge >= 0.3 is 17.9 Å². The van der Waals surface area contributed by atoms with Gasteiger partial charge in [-0.15, -0.1) is 0 Å². The van der Waals surface area contributed by atoms with Crippen molar-refractivity contribution in [3.8, 4) is 0 Å². The monoisotopic (exact) mass is 387 g/mol. The van der Waals surface area contributed by atoms with Gasteiger partial charge in [0.05, 0.1) is 0 Å². The van der Waals surface area contributed by atoms with Crippen LogP contribution in [0.4, 0.5) is 4.79 Å². The summed E-state index contributed by atoms with van der Waals surface area (Å²) in [6, 6.07) is 3.60. The van der Waals surface area contributed by atoms with Crippen molar-refractivity contribution in [3.63, 3.8) is 0 Å². The zero-order chi connectivity index (χ0) is 20.1. The van der Waals surface area contributed by atoms with Crippen LogP contribution in [0.2, 0.25) is 0 Å². The molecule has 1 saturated carbocycles. The predicted molar refractivity (Wildman–Crippen MR) is 101 cm³/mol. The zero-order valence-corrected chi connectivity index (χ0v) is 16.0. The maximum absolute atomic E-state index is 11.8. The summed E-state index contributed by atoms with van der Waals surface area (Å²) in [6.07, 6.45) is 6.56. The zero-order valence-electron chi connectivity index (χ0n) is 16.0. The Hall–Kier alpha value is -2.97. The van der Waals surface area contributed by atoms with Crippen LogP contribution in [-0.4, -0.2) is 47.3 Å². The highest BCUT2D eigenvalue weighted by atomic mass is 16.6. The van der Waals surface area contributed by atoms with Crippen molar-refractivity contribution in [1.29, 1.82) is 0 Å². The van der Waals surface area contributed by atoms with Crippen LogP contribution in [0.3, 0.4) is 0 Å². The van der Waals surface area contributed by atoms with Crippen LogP contribution in [0.15, 0.2) is 29.6 Å². The largest absolute Gasteiger partial charge is 0.435 e. The summed E-state index contributed by atoms with van der Waals surface area (Å²) in [4.78, 5) is 39.0. The number of hydrazone groups is 1. The highest BCUT2D eigenvalue weighted by Crippen LogP contribution is 2.40. The molecule has 9 heteroatoms. The van der Waals surface area contributed by atoms with E-state index in [4.69, 9.17) is 4.74 Å². The maximum Gasteiger partial charge on any atom is 0.428 e. The first-order valence-electron chi connectivity index (χ1n) is 9.43. The van der Waals surface area contributed by atoms with E-state index in [1.165, 1.54) is 7.05 Å². The molecule has 2 aliphatic rings. The van der Waals surface area contributed by atoms with Crippen LogP contribution in [-0.2, 0) is 14.3 Å². The van der Waals surface area contributed by atoms with E-state index in [-0.39, 0.29) is 6.04 Å². The van der Waals surface area contributed by atoms with Gasteiger partial charge in [-0.25, -0.2) is 10.2 Å². The number of nitrogens with zero attached hydrogens (tertiary/aromatic N) is 2. The van der Waals surface area contributed by atoms with E-state index in [2.05, 4.69) is 26.1 Å². The van der Waals surface area contributed by atoms with Crippen molar-refractivity contribution in [2.24, 2.45) is 11.0 Å². The van der Waals surface area contributed by atoms with Crippen molar-refractivity contribution >= 4 is 23.6 Å². The SMILES string of the molecule is CNC(=O)C(=O)N[C@@H](C)CC1CCC2(CC1)OC(=O)NN=C2c1cccnc1. The van der Waals surface area contributed by atoms with Crippen molar-refractivity contribution in [2.75, 3.05) is 7.05 Å². The Labute approximate surface area is 163 Å². The summed E-state index contributed by atoms with van der Waals surface area (Å²) in [7, 11) is 1.43. The summed E-state index contributed by atoms with van der Waals surface area (Å²) >= 11 is 0. The third-order valence-corrected chi connectivity index (χ3v) is 5.32. The molecule has 150 valence electrons. The minimum Gasteiger partial charge on any atom is -0.435 e. The van der Waals surface area contributed by atoms with Gasteiger partial charge in [0, 0.05) is 31.0 Å². The number of carbonyl (C=O) groups excluding carboxylic acids is 3. The van der Waals surface area contributed by atoms with Crippen molar-refractivity contribution in [2.45, 2.75) is 50.7 Å². The second kappa shape index (κ2) is 8.37. The van der Waals surface area contributed by atoms with Gasteiger partial charge in [-0.1, -0.05) is 0 Å². The fraction of sp³-hybridized carbons (Fsp3) is 0.526. The van der Waals surface area contributed by atoms with Crippen molar-refractivity contribution < 1.29 is 19.1 Å². The molecule has 9 nitrogen and oxygen atoms in total. The summed E-state index contributed by atoms with van der Waals surface area (Å²) in [5, 5.41) is 9.29. The van der Waals surface area contributed by atoms with E-state index in [0.29, 0.717) is 24.5 Å². The topological polar surface area (TPSA) is 122 Å². The molecule has 1 aliphatic carbocycles. The molecule has 1 fully saturated rings. The number of aromatic nitrogens is 1. The molecule has 0 unspecified atom stereocenters. The van der Waals surface area contributed by atoms with Crippen LogP contribution in [0.25, 0.3) is 0 Å². The molecule has 0 saturated heterocycles. The minimum absolute atomic E-state index is 0.120. The van der Waals surface area contributed by atoms with E-state index in [1.807, 2.05) is 19.1 Å². The second-order valence-electron chi connectivity index (χ2n) is 7.33. The standard InChI is InChI=1S/C19H25N5O4/c1-12(22-17(26)16(25)20-2)10-13-5-7-19(8-6-13)15(23-24-18(27)28-19)14-4-3-9-21-11-14/h3-4,9,11-13H,5-8,10H2,1-2H3,(H,20,25)(H,22,26)(H,24,27)/t12-,13?,19?/m0/s1. The first-order valence-corrected chi connectivity index (χ1v) is 9.43. The number of hydrogen-bond donors (Lipinski definition) is 3. The number of likely N-dealkylation sites (N-methyl/N-ethyl adjacent to an activating group) is 1. The number of amides is 3. The van der Waals surface area contributed by atoms with Gasteiger partial charge in [-0.05, 0) is 57.1 Å². The number of carbonyl (C=O) groups is 3. The van der Waals surface area contributed by atoms with E-state index in [1.54, 1.807) is 12.4 Å². The highest BCUT2D eigenvalue weighted by Gasteiger charge is 2.46. The van der Waals surface area contributed by atoms with Gasteiger partial charge in [0.25, 0.3) is 0 Å². The molecule has 0 radical (unpaired) electrons. The first-order chi connectivity index (χ1) is 13.4. The Balaban J connectivity index is 1.63. The molecule has 0 bridgehead atoms. The van der Waals surface area contributed by atoms with Crippen LogP contribution in [0.5, 0.6) is 0 Å². The third kappa shape index (κ3) is 4.29. The van der Waals surface area contributed by atoms with Gasteiger partial charge in [0.15, 0.2) is 5.60 Å². The van der Waals surface area contributed by atoms with Crippen LogP contribution >= 0.6 is 0 Å². The molecular weight excluding hydrogens is 362 g/mol. The van der Waals surface area contributed by atoms with Gasteiger partial charge in [0.1, 0.15) is 5.71 Å². The molecule has 1 spiro atoms. The van der Waals surface area contributed by atoms with E-state index >= 15 is 0 Å². The van der Waals surface area contributed by atoms with Crippen LogP contribution in [0, 0.1) is 5.92 Å². The van der Waals surface area contributed by atoms with Gasteiger partial charge in [-0.2, -0.15) is 5.10 Å². The Bertz CT molecular complexity index is 772. The van der Waals surface area contributed by atoms with E-state index < -0.39 is 23.5 Å². The fourth-order valence-electron chi connectivity index (χ4n) is 3.96. The second-order valence-corrected chi connectivity index (χ2v) is 7.33. The Morgan fingerprint density at radius 3 is 2.75 bits per heavy atom. The summed E-state index contributed by atoms with van der Waals surface area (Å²) in [5.74, 6) is -0.914. The molecule has 1 aliphatic heterocycles. The summed E-state index contributed by atoms with van der Waals surface area (Å²) < 4.78 is 5.71. The lowest BCUT2D eigenvalue weighted by Crippen LogP contribution is -2.52. The van der Waals surface area contributed by atoms with Gasteiger partial charge < -0.3 is 15.4 Å². The molecule has 1 aromatic heterocycles. The molecule has 1 aromatic rings. The molecule has 2 heterocycles. The normalized spacial score (nSPS) is 25.1. The molecule has 0 aromatic carbocycles. The Kier molecular flexibility index (Phi) is 5.91. The molecule has 3 N–H and O–H groups in total. The lowest BCUT2D eigenvalue weighted by atomic mass is 9.73. The lowest BCUT2D eigenvalue weighted by molar-refractivity contribution is -0.139. The van der Waals surface area contributed by atoms with Crippen molar-refractivity contribution in [3.05, 3.63) is 30.1 Å². The number of ether oxygens (including phenoxy) is 1. The third-order valence-electron chi connectivity index (χ3n) is 5.32. The smallest absolute Gasteiger partial charge is 0.428 e. The molecule has 1 atom stereocenters.